The van der Waals surface area contributed by atoms with Crippen molar-refractivity contribution in [3.8, 4) is 0 Å². The molecule has 0 spiro atoms. The normalized spacial score (nSPS) is 35.3. The second-order valence-corrected chi connectivity index (χ2v) is 10.3. The molecule has 0 nitrogen and oxygen atoms in total. The molecule has 9 heavy (non-hydrogen) atoms. The van der Waals surface area contributed by atoms with Gasteiger partial charge in [0.25, 0.3) is 0 Å². The maximum Gasteiger partial charge on any atom is 0.101 e. The smallest absolute Gasteiger partial charge is 0.0803 e. The molecule has 0 N–H and O–H groups in total. The van der Waals surface area contributed by atoms with E-state index in [0.29, 0.717) is 1.43 Å². The van der Waals surface area contributed by atoms with Crippen molar-refractivity contribution in [2.45, 2.75) is 18.2 Å². The van der Waals surface area contributed by atoms with Gasteiger partial charge in [0.05, 0.1) is 3.92 Å². The largest absolute Gasteiger partial charge is 0.101 e. The molecule has 4 heteroatoms. The van der Waals surface area contributed by atoms with Crippen LogP contribution < -0.4 is 0 Å². The lowest BCUT2D eigenvalue weighted by Crippen LogP contribution is -2.19. The van der Waals surface area contributed by atoms with Gasteiger partial charge < -0.3 is 0 Å². The maximum absolute atomic E-state index is 2.55. The van der Waals surface area contributed by atoms with Crippen LogP contribution in [0.2, 0.25) is 0 Å². The summed E-state index contributed by atoms with van der Waals surface area (Å²) in [6.07, 6.45) is 2.69. The van der Waals surface area contributed by atoms with E-state index in [1.165, 1.54) is 12.8 Å². The lowest BCUT2D eigenvalue weighted by atomic mass is 10.4. The monoisotopic (exact) mass is 573 g/mol. The highest BCUT2D eigenvalue weighted by Crippen LogP contribution is 2.55. The molecule has 1 radical (unpaired) electrons. The molecule has 1 aliphatic rings. The number of halogens is 4. The van der Waals surface area contributed by atoms with E-state index in [1.807, 2.05) is 0 Å². The van der Waals surface area contributed by atoms with E-state index < -0.39 is 0 Å². The van der Waals surface area contributed by atoms with Gasteiger partial charge >= 0.3 is 0 Å². The molecule has 0 saturated heterocycles. The van der Waals surface area contributed by atoms with Crippen molar-refractivity contribution in [1.82, 2.24) is 0 Å². The summed E-state index contributed by atoms with van der Waals surface area (Å²) in [7, 11) is 0. The summed E-state index contributed by atoms with van der Waals surface area (Å²) in [5.74, 6) is 0. The van der Waals surface area contributed by atoms with E-state index in [4.69, 9.17) is 0 Å². The van der Waals surface area contributed by atoms with Crippen molar-refractivity contribution in [3.63, 3.8) is 0 Å². The van der Waals surface area contributed by atoms with Crippen LogP contribution in [0.25, 0.3) is 0 Å². The molecule has 0 aromatic heterocycles. The first kappa shape index (κ1) is 10.0. The van der Waals surface area contributed by atoms with E-state index >= 15 is 0 Å². The van der Waals surface area contributed by atoms with Gasteiger partial charge in [-0.2, -0.15) is 0 Å². The SMILES string of the molecule is I[C]1CCC(I)C1(I)I. The van der Waals surface area contributed by atoms with Gasteiger partial charge in [0.1, 0.15) is 1.43 Å². The molecular weight excluding hydrogens is 568 g/mol. The highest BCUT2D eigenvalue weighted by atomic mass is 127. The Bertz CT molecular complexity index is 99.5. The predicted octanol–water partition coefficient (Wildman–Crippen LogP) is 4.12. The Labute approximate surface area is 110 Å². The van der Waals surface area contributed by atoms with Crippen LogP contribution in [0.5, 0.6) is 0 Å². The van der Waals surface area contributed by atoms with Gasteiger partial charge in [0.2, 0.25) is 0 Å². The first-order valence-electron chi connectivity index (χ1n) is 2.59. The molecular formula is C5H5I4. The minimum Gasteiger partial charge on any atom is -0.0803 e. The van der Waals surface area contributed by atoms with E-state index in [1.54, 1.807) is 3.92 Å². The Balaban J connectivity index is 2.66. The van der Waals surface area contributed by atoms with Crippen LogP contribution in [0.3, 0.4) is 0 Å². The molecule has 0 aliphatic heterocycles. The maximum atomic E-state index is 2.55. The van der Waals surface area contributed by atoms with Crippen molar-refractivity contribution < 1.29 is 0 Å². The third-order valence-corrected chi connectivity index (χ3v) is 11.6. The van der Waals surface area contributed by atoms with Gasteiger partial charge in [0, 0.05) is 3.92 Å². The molecule has 0 aromatic rings. The fourth-order valence-corrected chi connectivity index (χ4v) is 3.90. The Morgan fingerprint density at radius 2 is 2.00 bits per heavy atom. The number of alkyl halides is 3. The first-order chi connectivity index (χ1) is 4.05. The van der Waals surface area contributed by atoms with Crippen molar-refractivity contribution in [2.24, 2.45) is 0 Å². The van der Waals surface area contributed by atoms with Crippen LogP contribution >= 0.6 is 90.4 Å². The quantitative estimate of drug-likeness (QED) is 0.303. The van der Waals surface area contributed by atoms with Crippen LogP contribution in [0.4, 0.5) is 0 Å². The van der Waals surface area contributed by atoms with Crippen LogP contribution in [0.15, 0.2) is 0 Å². The highest BCUT2D eigenvalue weighted by molar-refractivity contribution is 14.2. The molecule has 1 rings (SSSR count). The summed E-state index contributed by atoms with van der Waals surface area (Å²) in [5.41, 5.74) is 0. The Morgan fingerprint density at radius 1 is 1.44 bits per heavy atom. The summed E-state index contributed by atoms with van der Waals surface area (Å²) < 4.78 is 2.90. The molecule has 1 saturated carbocycles. The zero-order valence-electron chi connectivity index (χ0n) is 4.50. The lowest BCUT2D eigenvalue weighted by molar-refractivity contribution is 0.943. The van der Waals surface area contributed by atoms with Gasteiger partial charge in [-0.15, -0.1) is 0 Å². The van der Waals surface area contributed by atoms with Crippen molar-refractivity contribution in [2.75, 3.05) is 0 Å². The molecule has 1 unspecified atom stereocenters. The topological polar surface area (TPSA) is 0 Å². The third-order valence-electron chi connectivity index (χ3n) is 1.37. The Hall–Kier alpha value is 2.92. The second-order valence-electron chi connectivity index (χ2n) is 2.03. The molecule has 53 valence electrons. The summed E-state index contributed by atoms with van der Waals surface area (Å²) in [5, 5.41) is 0. The minimum atomic E-state index is 0.441. The van der Waals surface area contributed by atoms with Crippen LogP contribution in [0, 0.1) is 3.92 Å². The van der Waals surface area contributed by atoms with Gasteiger partial charge in [-0.3, -0.25) is 0 Å². The molecule has 1 aliphatic carbocycles. The average molecular weight is 573 g/mol. The fraction of sp³-hybridized carbons (Fsp3) is 0.800. The summed E-state index contributed by atoms with van der Waals surface area (Å²) >= 11 is 10.1. The van der Waals surface area contributed by atoms with Crippen LogP contribution in [-0.4, -0.2) is 5.35 Å². The van der Waals surface area contributed by atoms with Gasteiger partial charge in [-0.1, -0.05) is 90.4 Å². The third kappa shape index (κ3) is 2.19. The van der Waals surface area contributed by atoms with Gasteiger partial charge in [-0.05, 0) is 12.8 Å². The zero-order chi connectivity index (χ0) is 7.07. The number of hydrogen-bond donors (Lipinski definition) is 0. The Morgan fingerprint density at radius 3 is 2.11 bits per heavy atom. The van der Waals surface area contributed by atoms with Crippen molar-refractivity contribution >= 4 is 90.4 Å². The fourth-order valence-electron chi connectivity index (χ4n) is 0.771. The minimum absolute atomic E-state index is 0.441. The van der Waals surface area contributed by atoms with E-state index in [0.717, 1.165) is 3.92 Å². The van der Waals surface area contributed by atoms with E-state index in [9.17, 15) is 0 Å². The molecule has 0 bridgehead atoms. The summed E-state index contributed by atoms with van der Waals surface area (Å²) in [4.78, 5) is 0. The predicted molar refractivity (Wildman–Crippen MR) is 75.1 cm³/mol. The van der Waals surface area contributed by atoms with Gasteiger partial charge in [0.15, 0.2) is 0 Å². The zero-order valence-corrected chi connectivity index (χ0v) is 13.1. The van der Waals surface area contributed by atoms with Crippen LogP contribution in [-0.2, 0) is 0 Å². The number of hydrogen-bond acceptors (Lipinski definition) is 0. The molecule has 0 amide bonds. The standard InChI is InChI=1S/C5H5I4/c6-3-1-2-4(7)5(3,8)9/h3H,1-2H2. The molecule has 0 heterocycles. The highest BCUT2D eigenvalue weighted by Gasteiger charge is 2.44. The average Bonchev–Trinajstić information content (AvgIpc) is 1.96. The van der Waals surface area contributed by atoms with Crippen molar-refractivity contribution in [3.05, 3.63) is 3.92 Å². The van der Waals surface area contributed by atoms with E-state index in [2.05, 4.69) is 90.4 Å². The van der Waals surface area contributed by atoms with E-state index in [-0.39, 0.29) is 0 Å². The first-order valence-corrected chi connectivity index (χ1v) is 7.07. The Kier molecular flexibility index (Phi) is 4.17. The lowest BCUT2D eigenvalue weighted by Gasteiger charge is -2.20. The van der Waals surface area contributed by atoms with Crippen molar-refractivity contribution in [1.29, 1.82) is 0 Å². The molecule has 1 atom stereocenters. The number of rotatable bonds is 0. The second kappa shape index (κ2) is 3.75. The summed E-state index contributed by atoms with van der Waals surface area (Å²) in [6.45, 7) is 0. The molecule has 1 fully saturated rings. The van der Waals surface area contributed by atoms with Crippen LogP contribution in [0.1, 0.15) is 12.8 Å². The van der Waals surface area contributed by atoms with Gasteiger partial charge in [-0.25, -0.2) is 0 Å². The molecule has 0 aromatic carbocycles. The summed E-state index contributed by atoms with van der Waals surface area (Å²) in [6, 6.07) is 0.